The molecule has 0 aromatic heterocycles. The first-order valence-electron chi connectivity index (χ1n) is 10.1. The van der Waals surface area contributed by atoms with Crippen LogP contribution < -0.4 is 14.2 Å². The van der Waals surface area contributed by atoms with Gasteiger partial charge in [0.1, 0.15) is 12.4 Å². The Morgan fingerprint density at radius 2 is 1.66 bits per heavy atom. The second-order valence-corrected chi connectivity index (χ2v) is 6.68. The zero-order valence-electron chi connectivity index (χ0n) is 17.9. The molecule has 0 heterocycles. The van der Waals surface area contributed by atoms with Crippen LogP contribution in [0.5, 0.6) is 17.2 Å². The summed E-state index contributed by atoms with van der Waals surface area (Å²) in [4.78, 5) is 24.3. The summed E-state index contributed by atoms with van der Waals surface area (Å²) >= 11 is 0. The first-order valence-corrected chi connectivity index (χ1v) is 10.1. The van der Waals surface area contributed by atoms with Gasteiger partial charge in [0, 0.05) is 6.08 Å². The van der Waals surface area contributed by atoms with Crippen LogP contribution >= 0.6 is 0 Å². The normalized spacial score (nSPS) is 10.6. The van der Waals surface area contributed by atoms with Crippen molar-refractivity contribution in [1.29, 1.82) is 0 Å². The highest BCUT2D eigenvalue weighted by atomic mass is 16.5. The summed E-state index contributed by atoms with van der Waals surface area (Å²) in [5.74, 6) is 0.547. The van der Waals surface area contributed by atoms with Crippen LogP contribution in [0.4, 0.5) is 0 Å². The molecule has 0 aliphatic rings. The average molecular weight is 432 g/mol. The predicted molar refractivity (Wildman–Crippen MR) is 121 cm³/mol. The molecule has 32 heavy (non-hydrogen) atoms. The second kappa shape index (κ2) is 11.4. The van der Waals surface area contributed by atoms with Gasteiger partial charge in [-0.3, -0.25) is 0 Å². The SMILES string of the molecule is CCOc1ccc(/C=C/C(=O)Oc2ccc(C(=O)OCc3ccccc3)cc2)cc1OC. The number of esters is 2. The van der Waals surface area contributed by atoms with Crippen molar-refractivity contribution in [3.8, 4) is 17.2 Å². The van der Waals surface area contributed by atoms with Gasteiger partial charge in [0.05, 0.1) is 19.3 Å². The van der Waals surface area contributed by atoms with Gasteiger partial charge in [-0.05, 0) is 60.5 Å². The Labute approximate surface area is 187 Å². The molecule has 0 radical (unpaired) electrons. The molecule has 6 heteroatoms. The Kier molecular flexibility index (Phi) is 8.03. The first-order chi connectivity index (χ1) is 15.6. The van der Waals surface area contributed by atoms with E-state index in [1.807, 2.05) is 43.3 Å². The summed E-state index contributed by atoms with van der Waals surface area (Å²) in [6.45, 7) is 2.61. The molecule has 6 nitrogen and oxygen atoms in total. The highest BCUT2D eigenvalue weighted by Crippen LogP contribution is 2.28. The highest BCUT2D eigenvalue weighted by Gasteiger charge is 2.09. The first kappa shape index (κ1) is 22.6. The fraction of sp³-hybridized carbons (Fsp3) is 0.154. The molecule has 0 fully saturated rings. The van der Waals surface area contributed by atoms with E-state index in [4.69, 9.17) is 18.9 Å². The molecular weight excluding hydrogens is 408 g/mol. The van der Waals surface area contributed by atoms with E-state index in [1.165, 1.54) is 6.08 Å². The van der Waals surface area contributed by atoms with Crippen molar-refractivity contribution < 1.29 is 28.5 Å². The number of rotatable bonds is 9. The lowest BCUT2D eigenvalue weighted by atomic mass is 10.2. The van der Waals surface area contributed by atoms with Gasteiger partial charge in [-0.2, -0.15) is 0 Å². The maximum Gasteiger partial charge on any atom is 0.338 e. The minimum atomic E-state index is -0.544. The van der Waals surface area contributed by atoms with Crippen LogP contribution in [0.25, 0.3) is 6.08 Å². The number of methoxy groups -OCH3 is 1. The molecule has 0 aliphatic carbocycles. The van der Waals surface area contributed by atoms with E-state index < -0.39 is 11.9 Å². The minimum absolute atomic E-state index is 0.192. The standard InChI is InChI=1S/C26H24O6/c1-3-30-23-15-9-19(17-24(23)29-2)10-16-25(27)32-22-13-11-21(12-14-22)26(28)31-18-20-7-5-4-6-8-20/h4-17H,3,18H2,1-2H3/b16-10+. The van der Waals surface area contributed by atoms with E-state index in [2.05, 4.69) is 0 Å². The lowest BCUT2D eigenvalue weighted by Gasteiger charge is -2.09. The molecule has 0 N–H and O–H groups in total. The van der Waals surface area contributed by atoms with Crippen molar-refractivity contribution in [1.82, 2.24) is 0 Å². The summed E-state index contributed by atoms with van der Waals surface area (Å²) in [7, 11) is 1.56. The molecular formula is C26H24O6. The molecule has 0 saturated heterocycles. The van der Waals surface area contributed by atoms with Crippen molar-refractivity contribution in [3.05, 3.63) is 95.6 Å². The van der Waals surface area contributed by atoms with Gasteiger partial charge in [-0.1, -0.05) is 36.4 Å². The maximum absolute atomic E-state index is 12.2. The smallest absolute Gasteiger partial charge is 0.338 e. The number of carbonyl (C=O) groups is 2. The van der Waals surface area contributed by atoms with Crippen LogP contribution in [0.15, 0.2) is 78.9 Å². The Hall–Kier alpha value is -4.06. The van der Waals surface area contributed by atoms with E-state index in [0.717, 1.165) is 11.1 Å². The van der Waals surface area contributed by atoms with Crippen LogP contribution in [-0.4, -0.2) is 25.7 Å². The molecule has 0 atom stereocenters. The zero-order valence-corrected chi connectivity index (χ0v) is 17.9. The molecule has 3 rings (SSSR count). The van der Waals surface area contributed by atoms with E-state index in [9.17, 15) is 9.59 Å². The molecule has 0 bridgehead atoms. The molecule has 0 aliphatic heterocycles. The van der Waals surface area contributed by atoms with E-state index in [-0.39, 0.29) is 6.61 Å². The third-order valence-corrected chi connectivity index (χ3v) is 4.42. The molecule has 0 saturated carbocycles. The van der Waals surface area contributed by atoms with E-state index in [0.29, 0.717) is 29.4 Å². The maximum atomic E-state index is 12.2. The Morgan fingerprint density at radius 3 is 2.34 bits per heavy atom. The highest BCUT2D eigenvalue weighted by molar-refractivity contribution is 5.90. The summed E-state index contributed by atoms with van der Waals surface area (Å²) < 4.78 is 21.4. The number of benzene rings is 3. The summed E-state index contributed by atoms with van der Waals surface area (Å²) in [6, 6.07) is 21.0. The quantitative estimate of drug-likeness (QED) is 0.267. The number of ether oxygens (including phenoxy) is 4. The molecule has 0 unspecified atom stereocenters. The predicted octanol–water partition coefficient (Wildman–Crippen LogP) is 5.07. The zero-order chi connectivity index (χ0) is 22.8. The van der Waals surface area contributed by atoms with Gasteiger partial charge in [-0.15, -0.1) is 0 Å². The van der Waals surface area contributed by atoms with Crippen LogP contribution in [0.1, 0.15) is 28.4 Å². The molecule has 0 spiro atoms. The van der Waals surface area contributed by atoms with Crippen molar-refractivity contribution in [2.24, 2.45) is 0 Å². The summed E-state index contributed by atoms with van der Waals surface area (Å²) in [5.41, 5.74) is 2.04. The topological polar surface area (TPSA) is 71.1 Å². The van der Waals surface area contributed by atoms with Crippen molar-refractivity contribution in [3.63, 3.8) is 0 Å². The fourth-order valence-electron chi connectivity index (χ4n) is 2.84. The number of hydrogen-bond donors (Lipinski definition) is 0. The van der Waals surface area contributed by atoms with Gasteiger partial charge in [0.25, 0.3) is 0 Å². The van der Waals surface area contributed by atoms with Crippen molar-refractivity contribution in [2.45, 2.75) is 13.5 Å². The lowest BCUT2D eigenvalue weighted by molar-refractivity contribution is -0.128. The van der Waals surface area contributed by atoms with Gasteiger partial charge in [0.2, 0.25) is 0 Å². The van der Waals surface area contributed by atoms with Crippen LogP contribution in [0.2, 0.25) is 0 Å². The lowest BCUT2D eigenvalue weighted by Crippen LogP contribution is -2.06. The van der Waals surface area contributed by atoms with Crippen molar-refractivity contribution >= 4 is 18.0 Å². The molecule has 164 valence electrons. The van der Waals surface area contributed by atoms with Crippen molar-refractivity contribution in [2.75, 3.05) is 13.7 Å². The van der Waals surface area contributed by atoms with Gasteiger partial charge >= 0.3 is 11.9 Å². The largest absolute Gasteiger partial charge is 0.493 e. The average Bonchev–Trinajstić information content (AvgIpc) is 2.83. The van der Waals surface area contributed by atoms with Crippen LogP contribution in [0.3, 0.4) is 0 Å². The van der Waals surface area contributed by atoms with E-state index in [1.54, 1.807) is 49.6 Å². The number of carbonyl (C=O) groups excluding carboxylic acids is 2. The van der Waals surface area contributed by atoms with E-state index >= 15 is 0 Å². The van der Waals surface area contributed by atoms with Gasteiger partial charge < -0.3 is 18.9 Å². The van der Waals surface area contributed by atoms with Gasteiger partial charge in [0.15, 0.2) is 11.5 Å². The Bertz CT molecular complexity index is 1070. The fourth-order valence-corrected chi connectivity index (χ4v) is 2.84. The summed E-state index contributed by atoms with van der Waals surface area (Å²) in [6.07, 6.45) is 2.94. The molecule has 0 amide bonds. The van der Waals surface area contributed by atoms with Crippen LogP contribution in [0, 0.1) is 0 Å². The monoisotopic (exact) mass is 432 g/mol. The number of hydrogen-bond acceptors (Lipinski definition) is 6. The minimum Gasteiger partial charge on any atom is -0.493 e. The third-order valence-electron chi connectivity index (χ3n) is 4.42. The third kappa shape index (κ3) is 6.47. The second-order valence-electron chi connectivity index (χ2n) is 6.68. The van der Waals surface area contributed by atoms with Gasteiger partial charge in [-0.25, -0.2) is 9.59 Å². The Balaban J connectivity index is 1.54. The Morgan fingerprint density at radius 1 is 0.906 bits per heavy atom. The summed E-state index contributed by atoms with van der Waals surface area (Å²) in [5, 5.41) is 0. The van der Waals surface area contributed by atoms with Crippen LogP contribution in [-0.2, 0) is 16.1 Å². The molecule has 3 aromatic carbocycles. The molecule has 3 aromatic rings.